The van der Waals surface area contributed by atoms with Gasteiger partial charge in [-0.2, -0.15) is 13.2 Å². The van der Waals surface area contributed by atoms with Gasteiger partial charge in [0.1, 0.15) is 17.4 Å². The minimum absolute atomic E-state index is 0.00435. The van der Waals surface area contributed by atoms with E-state index in [2.05, 4.69) is 26.6 Å². The molecule has 5 rings (SSSR count). The number of amides is 3. The van der Waals surface area contributed by atoms with Gasteiger partial charge in [0, 0.05) is 18.5 Å². The lowest BCUT2D eigenvalue weighted by Gasteiger charge is -2.44. The molecule has 0 aromatic heterocycles. The Morgan fingerprint density at radius 1 is 0.907 bits per heavy atom. The first-order chi connectivity index (χ1) is 25.7. The molecule has 0 bridgehead atoms. The molecule has 1 saturated carbocycles. The van der Waals surface area contributed by atoms with Crippen molar-refractivity contribution in [1.82, 2.24) is 21.3 Å². The summed E-state index contributed by atoms with van der Waals surface area (Å²) in [5.74, 6) is -3.26. The van der Waals surface area contributed by atoms with Gasteiger partial charge in [0.05, 0.1) is 28.7 Å². The number of thiocarbonyl (C=S) groups is 1. The number of alkyl halides is 3. The normalized spacial score (nSPS) is 21.3. The molecule has 7 atom stereocenters. The number of carbonyl (C=O) groups excluding carboxylic acids is 3. The summed E-state index contributed by atoms with van der Waals surface area (Å²) < 4.78 is 56.7. The van der Waals surface area contributed by atoms with Crippen molar-refractivity contribution < 1.29 is 31.9 Å². The van der Waals surface area contributed by atoms with E-state index in [0.717, 1.165) is 11.6 Å². The van der Waals surface area contributed by atoms with Crippen molar-refractivity contribution >= 4 is 40.6 Å². The Morgan fingerprint density at radius 2 is 1.57 bits per heavy atom. The summed E-state index contributed by atoms with van der Waals surface area (Å²) in [4.78, 5) is 42.9. The average Bonchev–Trinajstić information content (AvgIpc) is 3.52. The summed E-state index contributed by atoms with van der Waals surface area (Å²) in [6, 6.07) is 17.5. The predicted molar refractivity (Wildman–Crippen MR) is 205 cm³/mol. The highest BCUT2D eigenvalue weighted by Crippen LogP contribution is 2.51. The molecule has 2 aliphatic rings. The van der Waals surface area contributed by atoms with Crippen LogP contribution in [0.1, 0.15) is 88.0 Å². The zero-order valence-electron chi connectivity index (χ0n) is 31.0. The summed E-state index contributed by atoms with van der Waals surface area (Å²) in [5, 5.41) is 15.3. The van der Waals surface area contributed by atoms with Gasteiger partial charge in [-0.05, 0) is 59.9 Å². The van der Waals surface area contributed by atoms with Gasteiger partial charge in [-0.15, -0.1) is 0 Å². The van der Waals surface area contributed by atoms with E-state index in [0.29, 0.717) is 29.9 Å². The number of halogens is 4. The van der Waals surface area contributed by atoms with Crippen LogP contribution in [-0.2, 0) is 33.5 Å². The molecule has 0 saturated heterocycles. The lowest BCUT2D eigenvalue weighted by atomic mass is 9.71. The van der Waals surface area contributed by atoms with E-state index in [1.807, 2.05) is 51.1 Å². The molecule has 4 unspecified atom stereocenters. The van der Waals surface area contributed by atoms with Gasteiger partial charge < -0.3 is 26.6 Å². The number of fused-ring (bicyclic) bond motifs is 3. The highest BCUT2D eigenvalue weighted by molar-refractivity contribution is 7.80. The van der Waals surface area contributed by atoms with Crippen LogP contribution in [0.15, 0.2) is 72.8 Å². The minimum atomic E-state index is -4.59. The summed E-state index contributed by atoms with van der Waals surface area (Å²) in [7, 11) is 0. The Balaban J connectivity index is 1.46. The Bertz CT molecular complexity index is 1830. The quantitative estimate of drug-likeness (QED) is 0.0879. The largest absolute Gasteiger partial charge is 0.418 e. The fourth-order valence-electron chi connectivity index (χ4n) is 7.49. The SMILES string of the molecule is CCC(C)[C@H](NC(=O)Cc1ccccc1F)C(=O)N[C@]1(C(=O)N[C@H](C(=S)NCc2ccccc2)C(C)CC)CCC2Nc3c(cccc3C(F)(F)F)C2C1. The maximum atomic E-state index is 14.8. The third-order valence-electron chi connectivity index (χ3n) is 11.1. The number of anilines is 1. The lowest BCUT2D eigenvalue weighted by Crippen LogP contribution is -2.67. The smallest absolute Gasteiger partial charge is 0.381 e. The number of para-hydroxylation sites is 1. The monoisotopic (exact) mass is 767 g/mol. The van der Waals surface area contributed by atoms with E-state index in [-0.39, 0.29) is 48.8 Å². The van der Waals surface area contributed by atoms with Crippen molar-refractivity contribution in [2.45, 2.75) is 109 Å². The van der Waals surface area contributed by atoms with Crippen LogP contribution in [0, 0.1) is 17.7 Å². The molecular weight excluding hydrogens is 719 g/mol. The highest BCUT2D eigenvalue weighted by atomic mass is 32.1. The summed E-state index contributed by atoms with van der Waals surface area (Å²) in [6.07, 6.45) is -3.32. The summed E-state index contributed by atoms with van der Waals surface area (Å²) in [5.41, 5.74) is -0.769. The van der Waals surface area contributed by atoms with Crippen molar-refractivity contribution in [2.75, 3.05) is 5.32 Å². The maximum absolute atomic E-state index is 14.8. The van der Waals surface area contributed by atoms with Gasteiger partial charge in [0.25, 0.3) is 0 Å². The first-order valence-corrected chi connectivity index (χ1v) is 19.0. The zero-order valence-corrected chi connectivity index (χ0v) is 31.8. The second kappa shape index (κ2) is 17.3. The maximum Gasteiger partial charge on any atom is 0.418 e. The standard InChI is InChI=1S/C41H49F4N5O3S/c1-5-24(3)34(48-33(51)21-27-15-10-11-18-31(27)42)37(52)50-40(20-19-32-29(22-40)28-16-12-17-30(36(28)47-32)41(43,44)45)39(53)49-35(25(4)6-2)38(54)46-23-26-13-8-7-9-14-26/h7-18,24-25,29,32,34-35,47H,5-6,19-23H2,1-4H3,(H,46,54)(H,48,51)(H,49,53)(H,50,52)/t24?,25?,29?,32?,34-,35-,40+/m0/s1. The lowest BCUT2D eigenvalue weighted by molar-refractivity contribution is -0.138. The van der Waals surface area contributed by atoms with Gasteiger partial charge in [-0.25, -0.2) is 4.39 Å². The molecule has 54 heavy (non-hydrogen) atoms. The molecule has 13 heteroatoms. The number of hydrogen-bond acceptors (Lipinski definition) is 5. The molecule has 0 spiro atoms. The number of hydrogen-bond donors (Lipinski definition) is 5. The van der Waals surface area contributed by atoms with Gasteiger partial charge in [-0.1, -0.05) is 113 Å². The molecule has 1 fully saturated rings. The van der Waals surface area contributed by atoms with E-state index >= 15 is 0 Å². The van der Waals surface area contributed by atoms with Crippen molar-refractivity contribution in [3.63, 3.8) is 0 Å². The van der Waals surface area contributed by atoms with E-state index in [1.54, 1.807) is 19.1 Å². The topological polar surface area (TPSA) is 111 Å². The first kappa shape index (κ1) is 40.7. The molecule has 3 aromatic rings. The third kappa shape index (κ3) is 9.22. The van der Waals surface area contributed by atoms with E-state index < -0.39 is 64.9 Å². The Hall–Kier alpha value is -4.52. The van der Waals surface area contributed by atoms with Gasteiger partial charge in [0.2, 0.25) is 17.7 Å². The van der Waals surface area contributed by atoms with Crippen LogP contribution in [0.5, 0.6) is 0 Å². The molecule has 8 nitrogen and oxygen atoms in total. The predicted octanol–water partition coefficient (Wildman–Crippen LogP) is 7.18. The van der Waals surface area contributed by atoms with Crippen LogP contribution in [0.4, 0.5) is 23.2 Å². The zero-order chi connectivity index (χ0) is 39.2. The Labute approximate surface area is 319 Å². The van der Waals surface area contributed by atoms with E-state index in [1.165, 1.54) is 24.3 Å². The van der Waals surface area contributed by atoms with E-state index in [9.17, 15) is 31.9 Å². The molecule has 0 radical (unpaired) electrons. The number of carbonyl (C=O) groups is 3. The van der Waals surface area contributed by atoms with Crippen LogP contribution in [-0.4, -0.2) is 46.4 Å². The van der Waals surface area contributed by atoms with Crippen LogP contribution >= 0.6 is 12.2 Å². The van der Waals surface area contributed by atoms with Crippen molar-refractivity contribution in [1.29, 1.82) is 0 Å². The molecule has 3 aromatic carbocycles. The fourth-order valence-corrected chi connectivity index (χ4v) is 7.86. The van der Waals surface area contributed by atoms with Crippen molar-refractivity contribution in [2.24, 2.45) is 11.8 Å². The highest BCUT2D eigenvalue weighted by Gasteiger charge is 2.52. The molecule has 1 aliphatic heterocycles. The first-order valence-electron chi connectivity index (χ1n) is 18.6. The van der Waals surface area contributed by atoms with Crippen LogP contribution in [0.3, 0.4) is 0 Å². The van der Waals surface area contributed by atoms with Gasteiger partial charge >= 0.3 is 6.18 Å². The molecule has 1 aliphatic carbocycles. The molecule has 1 heterocycles. The summed E-state index contributed by atoms with van der Waals surface area (Å²) in [6.45, 7) is 8.03. The van der Waals surface area contributed by atoms with Crippen molar-refractivity contribution in [3.05, 3.63) is 101 Å². The van der Waals surface area contributed by atoms with Crippen LogP contribution in [0.25, 0.3) is 0 Å². The molecule has 3 amide bonds. The van der Waals surface area contributed by atoms with Crippen LogP contribution in [0.2, 0.25) is 0 Å². The van der Waals surface area contributed by atoms with Crippen molar-refractivity contribution in [3.8, 4) is 0 Å². The second-order valence-electron chi connectivity index (χ2n) is 14.7. The minimum Gasteiger partial charge on any atom is -0.381 e. The Kier molecular flexibility index (Phi) is 13.0. The third-order valence-corrected chi connectivity index (χ3v) is 11.5. The number of nitrogens with one attached hydrogen (secondary N) is 5. The number of benzene rings is 3. The van der Waals surface area contributed by atoms with Gasteiger partial charge in [0.15, 0.2) is 0 Å². The van der Waals surface area contributed by atoms with Gasteiger partial charge in [-0.3, -0.25) is 14.4 Å². The summed E-state index contributed by atoms with van der Waals surface area (Å²) >= 11 is 5.83. The number of rotatable bonds is 14. The second-order valence-corrected chi connectivity index (χ2v) is 15.1. The average molecular weight is 768 g/mol. The molecular formula is C41H49F4N5O3S. The molecule has 5 N–H and O–H groups in total. The van der Waals surface area contributed by atoms with Crippen LogP contribution < -0.4 is 26.6 Å². The van der Waals surface area contributed by atoms with E-state index in [4.69, 9.17) is 12.2 Å². The Morgan fingerprint density at radius 3 is 2.24 bits per heavy atom. The fraction of sp³-hybridized carbons (Fsp3) is 0.463. The molecule has 290 valence electrons.